The van der Waals surface area contributed by atoms with E-state index in [1.165, 1.54) is 45.6 Å². The third-order valence-corrected chi connectivity index (χ3v) is 3.92. The number of hydrogen-bond donors (Lipinski definition) is 0. The van der Waals surface area contributed by atoms with E-state index in [9.17, 15) is 4.79 Å². The summed E-state index contributed by atoms with van der Waals surface area (Å²) in [5, 5.41) is 0. The molecule has 2 aliphatic carbocycles. The standard InChI is InChI=1S/C12H20O3/c1-14-12(13)15-11-8-4-6-9-5-2-3-7-10(9)11/h9-11H,2-8H2,1H3. The number of fused-ring (bicyclic) bond motifs is 1. The van der Waals surface area contributed by atoms with Gasteiger partial charge in [-0.2, -0.15) is 0 Å². The van der Waals surface area contributed by atoms with E-state index in [0.717, 1.165) is 12.3 Å². The molecule has 3 unspecified atom stereocenters. The lowest BCUT2D eigenvalue weighted by Crippen LogP contribution is -2.37. The van der Waals surface area contributed by atoms with E-state index < -0.39 is 6.16 Å². The topological polar surface area (TPSA) is 35.5 Å². The van der Waals surface area contributed by atoms with Gasteiger partial charge in [0.05, 0.1) is 7.11 Å². The molecule has 2 saturated carbocycles. The van der Waals surface area contributed by atoms with E-state index in [-0.39, 0.29) is 6.10 Å². The Morgan fingerprint density at radius 2 is 1.80 bits per heavy atom. The molecule has 0 bridgehead atoms. The lowest BCUT2D eigenvalue weighted by atomic mass is 9.69. The summed E-state index contributed by atoms with van der Waals surface area (Å²) in [7, 11) is 1.38. The summed E-state index contributed by atoms with van der Waals surface area (Å²) in [5.41, 5.74) is 0. The van der Waals surface area contributed by atoms with Crippen molar-refractivity contribution in [3.63, 3.8) is 0 Å². The van der Waals surface area contributed by atoms with Crippen LogP contribution < -0.4 is 0 Å². The van der Waals surface area contributed by atoms with Crippen molar-refractivity contribution in [2.24, 2.45) is 11.8 Å². The van der Waals surface area contributed by atoms with Crippen LogP contribution in [0.2, 0.25) is 0 Å². The van der Waals surface area contributed by atoms with Gasteiger partial charge in [0.2, 0.25) is 0 Å². The average Bonchev–Trinajstić information content (AvgIpc) is 2.29. The van der Waals surface area contributed by atoms with Crippen LogP contribution in [0.1, 0.15) is 44.9 Å². The van der Waals surface area contributed by atoms with Crippen molar-refractivity contribution < 1.29 is 14.3 Å². The van der Waals surface area contributed by atoms with Crippen LogP contribution in [-0.2, 0) is 9.47 Å². The molecule has 2 fully saturated rings. The number of carbonyl (C=O) groups excluding carboxylic acids is 1. The van der Waals surface area contributed by atoms with Gasteiger partial charge in [0.25, 0.3) is 0 Å². The molecule has 3 atom stereocenters. The fraction of sp³-hybridized carbons (Fsp3) is 0.917. The van der Waals surface area contributed by atoms with Gasteiger partial charge in [0, 0.05) is 0 Å². The zero-order chi connectivity index (χ0) is 10.7. The fourth-order valence-corrected chi connectivity index (χ4v) is 3.20. The first-order valence-electron chi connectivity index (χ1n) is 6.06. The minimum absolute atomic E-state index is 0.122. The molecule has 15 heavy (non-hydrogen) atoms. The van der Waals surface area contributed by atoms with Gasteiger partial charge in [-0.25, -0.2) is 4.79 Å². The van der Waals surface area contributed by atoms with Gasteiger partial charge in [-0.15, -0.1) is 0 Å². The van der Waals surface area contributed by atoms with Crippen molar-refractivity contribution in [2.45, 2.75) is 51.0 Å². The maximum absolute atomic E-state index is 11.1. The first-order valence-corrected chi connectivity index (χ1v) is 6.06. The Morgan fingerprint density at radius 3 is 2.60 bits per heavy atom. The summed E-state index contributed by atoms with van der Waals surface area (Å²) in [6.45, 7) is 0. The largest absolute Gasteiger partial charge is 0.508 e. The summed E-state index contributed by atoms with van der Waals surface area (Å²) < 4.78 is 9.92. The predicted octanol–water partition coefficient (Wildman–Crippen LogP) is 3.13. The maximum Gasteiger partial charge on any atom is 0.508 e. The van der Waals surface area contributed by atoms with Crippen LogP contribution in [0, 0.1) is 11.8 Å². The van der Waals surface area contributed by atoms with Crippen LogP contribution in [0.15, 0.2) is 0 Å². The number of ether oxygens (including phenoxy) is 2. The fourth-order valence-electron chi connectivity index (χ4n) is 3.20. The summed E-state index contributed by atoms with van der Waals surface area (Å²) in [4.78, 5) is 11.1. The Labute approximate surface area is 91.1 Å². The molecule has 2 rings (SSSR count). The second-order valence-corrected chi connectivity index (χ2v) is 4.75. The molecule has 86 valence electrons. The summed E-state index contributed by atoms with van der Waals surface area (Å²) in [6.07, 6.45) is 8.36. The molecule has 0 amide bonds. The number of hydrogen-bond acceptors (Lipinski definition) is 3. The van der Waals surface area contributed by atoms with E-state index in [1.54, 1.807) is 0 Å². The van der Waals surface area contributed by atoms with Crippen molar-refractivity contribution in [1.29, 1.82) is 0 Å². The molecule has 3 nitrogen and oxygen atoms in total. The van der Waals surface area contributed by atoms with Crippen LogP contribution in [0.3, 0.4) is 0 Å². The van der Waals surface area contributed by atoms with Crippen molar-refractivity contribution in [1.82, 2.24) is 0 Å². The molecular formula is C12H20O3. The van der Waals surface area contributed by atoms with E-state index in [1.807, 2.05) is 0 Å². The summed E-state index contributed by atoms with van der Waals surface area (Å²) >= 11 is 0. The van der Waals surface area contributed by atoms with E-state index in [4.69, 9.17) is 4.74 Å². The Bertz CT molecular complexity index is 225. The van der Waals surface area contributed by atoms with Crippen molar-refractivity contribution in [3.8, 4) is 0 Å². The van der Waals surface area contributed by atoms with Gasteiger partial charge < -0.3 is 9.47 Å². The van der Waals surface area contributed by atoms with Crippen molar-refractivity contribution in [2.75, 3.05) is 7.11 Å². The molecule has 0 aromatic rings. The summed E-state index contributed by atoms with van der Waals surface area (Å²) in [5.74, 6) is 1.40. The lowest BCUT2D eigenvalue weighted by Gasteiger charge is -2.40. The zero-order valence-corrected chi connectivity index (χ0v) is 9.41. The number of rotatable bonds is 1. The van der Waals surface area contributed by atoms with Gasteiger partial charge in [-0.3, -0.25) is 0 Å². The van der Waals surface area contributed by atoms with Crippen LogP contribution in [0.4, 0.5) is 4.79 Å². The second-order valence-electron chi connectivity index (χ2n) is 4.75. The molecule has 3 heteroatoms. The monoisotopic (exact) mass is 212 g/mol. The van der Waals surface area contributed by atoms with Crippen LogP contribution in [0.25, 0.3) is 0 Å². The molecule has 0 spiro atoms. The second kappa shape index (κ2) is 4.86. The molecule has 0 radical (unpaired) electrons. The first-order chi connectivity index (χ1) is 7.31. The highest BCUT2D eigenvalue weighted by Crippen LogP contribution is 2.41. The number of methoxy groups -OCH3 is 1. The molecule has 0 N–H and O–H groups in total. The molecular weight excluding hydrogens is 192 g/mol. The van der Waals surface area contributed by atoms with Gasteiger partial charge in [0.15, 0.2) is 0 Å². The number of carbonyl (C=O) groups is 1. The Kier molecular flexibility index (Phi) is 3.49. The normalized spacial score (nSPS) is 35.4. The minimum atomic E-state index is -0.508. The van der Waals surface area contributed by atoms with Crippen LogP contribution >= 0.6 is 0 Å². The molecule has 0 aliphatic heterocycles. The Morgan fingerprint density at radius 1 is 1.07 bits per heavy atom. The van der Waals surface area contributed by atoms with Crippen molar-refractivity contribution >= 4 is 6.16 Å². The Hall–Kier alpha value is -0.730. The van der Waals surface area contributed by atoms with Crippen LogP contribution in [0.5, 0.6) is 0 Å². The molecule has 0 aromatic heterocycles. The Balaban J connectivity index is 1.94. The smallest absolute Gasteiger partial charge is 0.438 e. The first kappa shape index (κ1) is 10.8. The highest BCUT2D eigenvalue weighted by Gasteiger charge is 2.37. The molecule has 0 aromatic carbocycles. The quantitative estimate of drug-likeness (QED) is 0.626. The zero-order valence-electron chi connectivity index (χ0n) is 9.41. The summed E-state index contributed by atoms with van der Waals surface area (Å²) in [6, 6.07) is 0. The minimum Gasteiger partial charge on any atom is -0.438 e. The maximum atomic E-state index is 11.1. The molecule has 0 saturated heterocycles. The lowest BCUT2D eigenvalue weighted by molar-refractivity contribution is -0.0326. The van der Waals surface area contributed by atoms with Gasteiger partial charge in [-0.1, -0.05) is 19.3 Å². The third kappa shape index (κ3) is 2.44. The van der Waals surface area contributed by atoms with E-state index in [0.29, 0.717) is 5.92 Å². The van der Waals surface area contributed by atoms with E-state index in [2.05, 4.69) is 4.74 Å². The van der Waals surface area contributed by atoms with Crippen LogP contribution in [-0.4, -0.2) is 19.4 Å². The van der Waals surface area contributed by atoms with Gasteiger partial charge in [-0.05, 0) is 37.5 Å². The molecule has 0 heterocycles. The van der Waals surface area contributed by atoms with Gasteiger partial charge in [0.1, 0.15) is 6.10 Å². The third-order valence-electron chi connectivity index (χ3n) is 3.92. The SMILES string of the molecule is COC(=O)OC1CCCC2CCCCC21. The van der Waals surface area contributed by atoms with Crippen molar-refractivity contribution in [3.05, 3.63) is 0 Å². The van der Waals surface area contributed by atoms with E-state index >= 15 is 0 Å². The van der Waals surface area contributed by atoms with Gasteiger partial charge >= 0.3 is 6.16 Å². The highest BCUT2D eigenvalue weighted by atomic mass is 16.7. The molecule has 2 aliphatic rings. The predicted molar refractivity (Wildman–Crippen MR) is 56.6 cm³/mol. The average molecular weight is 212 g/mol. The highest BCUT2D eigenvalue weighted by molar-refractivity contribution is 5.59.